The minimum atomic E-state index is -0.110. The number of nitrogens with one attached hydrogen (secondary N) is 1. The molecule has 4 nitrogen and oxygen atoms in total. The molecule has 0 aromatic heterocycles. The van der Waals surface area contributed by atoms with Crippen LogP contribution >= 0.6 is 0 Å². The molecule has 1 unspecified atom stereocenters. The van der Waals surface area contributed by atoms with Crippen molar-refractivity contribution >= 4 is 5.91 Å². The lowest BCUT2D eigenvalue weighted by Gasteiger charge is -2.29. The maximum atomic E-state index is 12.3. The van der Waals surface area contributed by atoms with Crippen LogP contribution in [-0.2, 0) is 22.5 Å². The molecule has 19 heavy (non-hydrogen) atoms. The fourth-order valence-electron chi connectivity index (χ4n) is 2.35. The first-order valence-corrected chi connectivity index (χ1v) is 6.85. The molecule has 1 aliphatic heterocycles. The Balaban J connectivity index is 1.91. The molecule has 1 amide bonds. The Morgan fingerprint density at radius 2 is 2.16 bits per heavy atom. The van der Waals surface area contributed by atoms with Crippen LogP contribution in [0.2, 0.25) is 0 Å². The summed E-state index contributed by atoms with van der Waals surface area (Å²) in [7, 11) is 1.84. The standard InChI is InChI=1S/C15H22N2O2/c1-3-19-9-8-17(2)15(18)14-10-12-6-4-5-7-13(12)11-16-14/h4-7,14,16H,3,8-11H2,1-2H3. The number of hydrogen-bond donors (Lipinski definition) is 1. The highest BCUT2D eigenvalue weighted by Crippen LogP contribution is 2.17. The molecule has 0 saturated carbocycles. The van der Waals surface area contributed by atoms with Crippen molar-refractivity contribution in [1.29, 1.82) is 0 Å². The summed E-state index contributed by atoms with van der Waals surface area (Å²) in [5.41, 5.74) is 2.57. The predicted molar refractivity (Wildman–Crippen MR) is 74.9 cm³/mol. The third kappa shape index (κ3) is 3.55. The SMILES string of the molecule is CCOCCN(C)C(=O)C1Cc2ccccc2CN1. The number of benzene rings is 1. The van der Waals surface area contributed by atoms with Crippen LogP contribution in [0.25, 0.3) is 0 Å². The van der Waals surface area contributed by atoms with Gasteiger partial charge in [0.05, 0.1) is 12.6 Å². The average molecular weight is 262 g/mol. The van der Waals surface area contributed by atoms with E-state index in [1.54, 1.807) is 4.90 Å². The van der Waals surface area contributed by atoms with E-state index in [2.05, 4.69) is 17.4 Å². The number of nitrogens with zero attached hydrogens (tertiary/aromatic N) is 1. The minimum absolute atomic E-state index is 0.110. The molecule has 1 aromatic carbocycles. The third-order valence-electron chi connectivity index (χ3n) is 3.53. The first-order valence-electron chi connectivity index (χ1n) is 6.85. The highest BCUT2D eigenvalue weighted by atomic mass is 16.5. The van der Waals surface area contributed by atoms with E-state index >= 15 is 0 Å². The monoisotopic (exact) mass is 262 g/mol. The van der Waals surface area contributed by atoms with E-state index in [9.17, 15) is 4.79 Å². The van der Waals surface area contributed by atoms with Gasteiger partial charge in [-0.05, 0) is 24.5 Å². The summed E-state index contributed by atoms with van der Waals surface area (Å²) in [5, 5.41) is 3.31. The maximum Gasteiger partial charge on any atom is 0.239 e. The predicted octanol–water partition coefficient (Wildman–Crippen LogP) is 1.20. The number of rotatable bonds is 5. The first kappa shape index (κ1) is 14.0. The van der Waals surface area contributed by atoms with Gasteiger partial charge in [-0.3, -0.25) is 4.79 Å². The molecule has 4 heteroatoms. The number of amides is 1. The quantitative estimate of drug-likeness (QED) is 0.811. The zero-order valence-electron chi connectivity index (χ0n) is 11.7. The number of carbonyl (C=O) groups excluding carboxylic acids is 1. The first-order chi connectivity index (χ1) is 9.22. The molecule has 0 saturated heterocycles. The second-order valence-electron chi connectivity index (χ2n) is 4.86. The van der Waals surface area contributed by atoms with Crippen molar-refractivity contribution in [1.82, 2.24) is 10.2 Å². The number of carbonyl (C=O) groups is 1. The summed E-state index contributed by atoms with van der Waals surface area (Å²) in [6.45, 7) is 4.67. The fraction of sp³-hybridized carbons (Fsp3) is 0.533. The molecule has 1 heterocycles. The third-order valence-corrected chi connectivity index (χ3v) is 3.53. The normalized spacial score (nSPS) is 17.9. The van der Waals surface area contributed by atoms with Crippen molar-refractivity contribution in [3.05, 3.63) is 35.4 Å². The molecule has 2 rings (SSSR count). The van der Waals surface area contributed by atoms with E-state index in [1.165, 1.54) is 11.1 Å². The van der Waals surface area contributed by atoms with Crippen molar-refractivity contribution in [3.8, 4) is 0 Å². The molecule has 0 aliphatic carbocycles. The van der Waals surface area contributed by atoms with Gasteiger partial charge in [0.25, 0.3) is 0 Å². The van der Waals surface area contributed by atoms with Crippen LogP contribution in [0.3, 0.4) is 0 Å². The topological polar surface area (TPSA) is 41.6 Å². The Bertz CT molecular complexity index is 434. The van der Waals surface area contributed by atoms with Crippen molar-refractivity contribution in [2.75, 3.05) is 26.8 Å². The van der Waals surface area contributed by atoms with E-state index in [-0.39, 0.29) is 11.9 Å². The molecule has 0 bridgehead atoms. The van der Waals surface area contributed by atoms with Crippen LogP contribution in [0, 0.1) is 0 Å². The molecule has 104 valence electrons. The van der Waals surface area contributed by atoms with E-state index in [0.29, 0.717) is 19.8 Å². The lowest BCUT2D eigenvalue weighted by atomic mass is 9.95. The van der Waals surface area contributed by atoms with E-state index in [4.69, 9.17) is 4.74 Å². The van der Waals surface area contributed by atoms with Gasteiger partial charge in [-0.15, -0.1) is 0 Å². The molecule has 0 fully saturated rings. The Morgan fingerprint density at radius 3 is 2.89 bits per heavy atom. The fourth-order valence-corrected chi connectivity index (χ4v) is 2.35. The van der Waals surface area contributed by atoms with E-state index in [1.807, 2.05) is 26.1 Å². The van der Waals surface area contributed by atoms with E-state index < -0.39 is 0 Å². The molecule has 1 aliphatic rings. The molecular weight excluding hydrogens is 240 g/mol. The highest BCUT2D eigenvalue weighted by Gasteiger charge is 2.25. The number of fused-ring (bicyclic) bond motifs is 1. The lowest BCUT2D eigenvalue weighted by Crippen LogP contribution is -2.48. The van der Waals surface area contributed by atoms with Crippen molar-refractivity contribution < 1.29 is 9.53 Å². The van der Waals surface area contributed by atoms with Crippen molar-refractivity contribution in [2.45, 2.75) is 25.9 Å². The van der Waals surface area contributed by atoms with Crippen LogP contribution in [-0.4, -0.2) is 43.7 Å². The summed E-state index contributed by atoms with van der Waals surface area (Å²) < 4.78 is 5.28. The Morgan fingerprint density at radius 1 is 1.42 bits per heavy atom. The molecule has 0 spiro atoms. The Kier molecular flexibility index (Phi) is 4.93. The molecule has 1 aromatic rings. The minimum Gasteiger partial charge on any atom is -0.380 e. The van der Waals surface area contributed by atoms with Gasteiger partial charge in [0, 0.05) is 26.7 Å². The highest BCUT2D eigenvalue weighted by molar-refractivity contribution is 5.82. The van der Waals surface area contributed by atoms with Crippen molar-refractivity contribution in [2.24, 2.45) is 0 Å². The average Bonchev–Trinajstić information content (AvgIpc) is 2.46. The van der Waals surface area contributed by atoms with Gasteiger partial charge in [0.1, 0.15) is 0 Å². The zero-order valence-corrected chi connectivity index (χ0v) is 11.7. The van der Waals surface area contributed by atoms with Gasteiger partial charge >= 0.3 is 0 Å². The number of likely N-dealkylation sites (N-methyl/N-ethyl adjacent to an activating group) is 1. The van der Waals surface area contributed by atoms with Crippen LogP contribution in [0.15, 0.2) is 24.3 Å². The molecular formula is C15H22N2O2. The van der Waals surface area contributed by atoms with Gasteiger partial charge < -0.3 is 15.0 Å². The van der Waals surface area contributed by atoms with Crippen LogP contribution in [0.4, 0.5) is 0 Å². The van der Waals surface area contributed by atoms with Crippen molar-refractivity contribution in [3.63, 3.8) is 0 Å². The van der Waals surface area contributed by atoms with Gasteiger partial charge in [-0.25, -0.2) is 0 Å². The summed E-state index contributed by atoms with van der Waals surface area (Å²) in [6.07, 6.45) is 0.772. The summed E-state index contributed by atoms with van der Waals surface area (Å²) in [6, 6.07) is 8.18. The molecule has 1 N–H and O–H groups in total. The second kappa shape index (κ2) is 6.68. The largest absolute Gasteiger partial charge is 0.380 e. The van der Waals surface area contributed by atoms with Gasteiger partial charge in [-0.1, -0.05) is 24.3 Å². The molecule has 0 radical (unpaired) electrons. The van der Waals surface area contributed by atoms with Crippen LogP contribution < -0.4 is 5.32 Å². The Labute approximate surface area is 114 Å². The van der Waals surface area contributed by atoms with Crippen LogP contribution in [0.5, 0.6) is 0 Å². The summed E-state index contributed by atoms with van der Waals surface area (Å²) in [5.74, 6) is 0.147. The zero-order chi connectivity index (χ0) is 13.7. The van der Waals surface area contributed by atoms with Gasteiger partial charge in [0.2, 0.25) is 5.91 Å². The lowest BCUT2D eigenvalue weighted by molar-refractivity contribution is -0.133. The van der Waals surface area contributed by atoms with Crippen LogP contribution in [0.1, 0.15) is 18.1 Å². The Hall–Kier alpha value is -1.39. The smallest absolute Gasteiger partial charge is 0.239 e. The number of hydrogen-bond acceptors (Lipinski definition) is 3. The van der Waals surface area contributed by atoms with Gasteiger partial charge in [-0.2, -0.15) is 0 Å². The number of ether oxygens (including phenoxy) is 1. The van der Waals surface area contributed by atoms with E-state index in [0.717, 1.165) is 13.0 Å². The van der Waals surface area contributed by atoms with Gasteiger partial charge in [0.15, 0.2) is 0 Å². The second-order valence-corrected chi connectivity index (χ2v) is 4.86. The molecule has 1 atom stereocenters. The summed E-state index contributed by atoms with van der Waals surface area (Å²) >= 11 is 0. The maximum absolute atomic E-state index is 12.3. The summed E-state index contributed by atoms with van der Waals surface area (Å²) in [4.78, 5) is 14.1.